The van der Waals surface area contributed by atoms with Gasteiger partial charge in [0.25, 0.3) is 0 Å². The fourth-order valence-corrected chi connectivity index (χ4v) is 3.10. The Kier molecular flexibility index (Phi) is 5.85. The molecule has 1 aromatic rings. The van der Waals surface area contributed by atoms with Gasteiger partial charge in [-0.1, -0.05) is 5.21 Å². The van der Waals surface area contributed by atoms with E-state index < -0.39 is 0 Å². The molecule has 2 N–H and O–H groups in total. The van der Waals surface area contributed by atoms with E-state index in [0.29, 0.717) is 5.92 Å². The Hall–Kier alpha value is -1.08. The van der Waals surface area contributed by atoms with Crippen LogP contribution in [0, 0.1) is 5.92 Å². The summed E-state index contributed by atoms with van der Waals surface area (Å²) in [5.74, 6) is 1.48. The Morgan fingerprint density at radius 3 is 3.15 bits per heavy atom. The van der Waals surface area contributed by atoms with Crippen LogP contribution >= 0.6 is 11.8 Å². The average Bonchev–Trinajstić information content (AvgIpc) is 2.97. The van der Waals surface area contributed by atoms with Gasteiger partial charge in [0, 0.05) is 25.8 Å². The van der Waals surface area contributed by atoms with Crippen LogP contribution in [0.15, 0.2) is 12.4 Å². The second-order valence-corrected chi connectivity index (χ2v) is 6.29. The smallest absolute Gasteiger partial charge is 0.239 e. The first-order chi connectivity index (χ1) is 9.70. The Labute approximate surface area is 124 Å². The van der Waals surface area contributed by atoms with E-state index in [4.69, 9.17) is 5.73 Å². The van der Waals surface area contributed by atoms with E-state index >= 15 is 0 Å². The largest absolute Gasteiger partial charge is 0.341 e. The lowest BCUT2D eigenvalue weighted by Gasteiger charge is -2.34. The maximum atomic E-state index is 12.3. The highest BCUT2D eigenvalue weighted by Crippen LogP contribution is 2.19. The SMILES string of the molecule is CSCC[C@H](N)C(=O)N1CCC[C@H](Cn2ccnn2)C1. The third-order valence-corrected chi connectivity index (χ3v) is 4.34. The van der Waals surface area contributed by atoms with Gasteiger partial charge in [0.2, 0.25) is 5.91 Å². The molecule has 0 spiro atoms. The Morgan fingerprint density at radius 2 is 2.45 bits per heavy atom. The van der Waals surface area contributed by atoms with Crippen molar-refractivity contribution in [2.24, 2.45) is 11.7 Å². The molecule has 2 heterocycles. The first-order valence-corrected chi connectivity index (χ1v) is 8.47. The first kappa shape index (κ1) is 15.3. The third kappa shape index (κ3) is 4.21. The molecule has 1 amide bonds. The van der Waals surface area contributed by atoms with Crippen LogP contribution in [0.1, 0.15) is 19.3 Å². The molecule has 0 aromatic carbocycles. The lowest BCUT2D eigenvalue weighted by atomic mass is 9.97. The van der Waals surface area contributed by atoms with Crippen LogP contribution < -0.4 is 5.73 Å². The highest BCUT2D eigenvalue weighted by Gasteiger charge is 2.27. The maximum Gasteiger partial charge on any atom is 0.239 e. The van der Waals surface area contributed by atoms with Crippen LogP contribution in [0.2, 0.25) is 0 Å². The zero-order valence-electron chi connectivity index (χ0n) is 11.9. The number of nitrogens with zero attached hydrogens (tertiary/aromatic N) is 4. The highest BCUT2D eigenvalue weighted by molar-refractivity contribution is 7.98. The lowest BCUT2D eigenvalue weighted by molar-refractivity contribution is -0.134. The number of hydrogen-bond donors (Lipinski definition) is 1. The summed E-state index contributed by atoms with van der Waals surface area (Å²) in [4.78, 5) is 14.2. The molecule has 0 saturated carbocycles. The summed E-state index contributed by atoms with van der Waals surface area (Å²) in [7, 11) is 0. The zero-order chi connectivity index (χ0) is 14.4. The average molecular weight is 297 g/mol. The molecule has 1 aliphatic rings. The normalized spacial score (nSPS) is 20.9. The third-order valence-electron chi connectivity index (χ3n) is 3.70. The second-order valence-electron chi connectivity index (χ2n) is 5.31. The molecule has 1 aromatic heterocycles. The van der Waals surface area contributed by atoms with Crippen molar-refractivity contribution >= 4 is 17.7 Å². The van der Waals surface area contributed by atoms with Crippen molar-refractivity contribution in [2.45, 2.75) is 31.8 Å². The summed E-state index contributed by atoms with van der Waals surface area (Å²) in [5.41, 5.74) is 5.98. The molecule has 6 nitrogen and oxygen atoms in total. The Balaban J connectivity index is 1.84. The van der Waals surface area contributed by atoms with Crippen LogP contribution in [0.5, 0.6) is 0 Å². The predicted octanol–water partition coefficient (Wildman–Crippen LogP) is 0.597. The molecule has 0 unspecified atom stereocenters. The van der Waals surface area contributed by atoms with Crippen LogP contribution in [0.3, 0.4) is 0 Å². The number of rotatable bonds is 6. The summed E-state index contributed by atoms with van der Waals surface area (Å²) in [6.07, 6.45) is 8.51. The predicted molar refractivity (Wildman–Crippen MR) is 80.3 cm³/mol. The van der Waals surface area contributed by atoms with E-state index in [1.54, 1.807) is 18.0 Å². The lowest BCUT2D eigenvalue weighted by Crippen LogP contribution is -2.48. The summed E-state index contributed by atoms with van der Waals surface area (Å²) in [5, 5.41) is 7.81. The monoisotopic (exact) mass is 297 g/mol. The number of aromatic nitrogens is 3. The van der Waals surface area contributed by atoms with E-state index in [1.165, 1.54) is 0 Å². The highest BCUT2D eigenvalue weighted by atomic mass is 32.2. The molecular weight excluding hydrogens is 274 g/mol. The van der Waals surface area contributed by atoms with Gasteiger partial charge in [-0.2, -0.15) is 11.8 Å². The molecular formula is C13H23N5OS. The minimum Gasteiger partial charge on any atom is -0.341 e. The standard InChI is InChI=1S/C13H23N5OS/c1-20-8-4-12(14)13(19)17-6-2-3-11(9-17)10-18-7-5-15-16-18/h5,7,11-12H,2-4,6,8-10,14H2,1H3/t11-,12-/m0/s1. The molecule has 20 heavy (non-hydrogen) atoms. The molecule has 2 atom stereocenters. The van der Waals surface area contributed by atoms with Gasteiger partial charge in [-0.3, -0.25) is 9.48 Å². The Bertz CT molecular complexity index is 411. The maximum absolute atomic E-state index is 12.3. The van der Waals surface area contributed by atoms with E-state index in [0.717, 1.165) is 44.6 Å². The summed E-state index contributed by atoms with van der Waals surface area (Å²) >= 11 is 1.73. The minimum absolute atomic E-state index is 0.0994. The van der Waals surface area contributed by atoms with Crippen LogP contribution in [0.25, 0.3) is 0 Å². The summed E-state index contributed by atoms with van der Waals surface area (Å²) in [6, 6.07) is -0.354. The van der Waals surface area contributed by atoms with Gasteiger partial charge in [0.15, 0.2) is 0 Å². The fourth-order valence-electron chi connectivity index (χ4n) is 2.61. The number of carbonyl (C=O) groups is 1. The van der Waals surface area contributed by atoms with Gasteiger partial charge in [0.05, 0.1) is 12.2 Å². The number of nitrogens with two attached hydrogens (primary N) is 1. The van der Waals surface area contributed by atoms with Crippen molar-refractivity contribution in [1.29, 1.82) is 0 Å². The minimum atomic E-state index is -0.354. The second kappa shape index (κ2) is 7.64. The van der Waals surface area contributed by atoms with Gasteiger partial charge < -0.3 is 10.6 Å². The molecule has 2 rings (SSSR count). The van der Waals surface area contributed by atoms with Crippen LogP contribution in [-0.4, -0.2) is 56.9 Å². The number of piperidine rings is 1. The summed E-state index contributed by atoms with van der Waals surface area (Å²) in [6.45, 7) is 2.44. The van der Waals surface area contributed by atoms with Crippen molar-refractivity contribution in [3.63, 3.8) is 0 Å². The molecule has 0 bridgehead atoms. The van der Waals surface area contributed by atoms with E-state index in [1.807, 2.05) is 22.0 Å². The summed E-state index contributed by atoms with van der Waals surface area (Å²) < 4.78 is 1.84. The van der Waals surface area contributed by atoms with Crippen molar-refractivity contribution in [3.8, 4) is 0 Å². The first-order valence-electron chi connectivity index (χ1n) is 7.08. The quantitative estimate of drug-likeness (QED) is 0.832. The fraction of sp³-hybridized carbons (Fsp3) is 0.769. The topological polar surface area (TPSA) is 77.0 Å². The molecule has 7 heteroatoms. The Morgan fingerprint density at radius 1 is 1.60 bits per heavy atom. The zero-order valence-corrected chi connectivity index (χ0v) is 12.8. The molecule has 1 aliphatic heterocycles. The number of hydrogen-bond acceptors (Lipinski definition) is 5. The number of amides is 1. The molecule has 0 aliphatic carbocycles. The van der Waals surface area contributed by atoms with Gasteiger partial charge >= 0.3 is 0 Å². The van der Waals surface area contributed by atoms with Crippen LogP contribution in [0.4, 0.5) is 0 Å². The van der Waals surface area contributed by atoms with E-state index in [9.17, 15) is 4.79 Å². The van der Waals surface area contributed by atoms with Crippen LogP contribution in [-0.2, 0) is 11.3 Å². The molecule has 1 saturated heterocycles. The van der Waals surface area contributed by atoms with Gasteiger partial charge in [-0.05, 0) is 37.2 Å². The molecule has 0 radical (unpaired) electrons. The van der Waals surface area contributed by atoms with Crippen molar-refractivity contribution in [3.05, 3.63) is 12.4 Å². The van der Waals surface area contributed by atoms with Crippen molar-refractivity contribution < 1.29 is 4.79 Å². The van der Waals surface area contributed by atoms with Gasteiger partial charge in [-0.25, -0.2) is 0 Å². The van der Waals surface area contributed by atoms with Gasteiger partial charge in [-0.15, -0.1) is 5.10 Å². The van der Waals surface area contributed by atoms with E-state index in [2.05, 4.69) is 10.3 Å². The number of likely N-dealkylation sites (tertiary alicyclic amines) is 1. The van der Waals surface area contributed by atoms with Gasteiger partial charge in [0.1, 0.15) is 0 Å². The molecule has 1 fully saturated rings. The van der Waals surface area contributed by atoms with E-state index in [-0.39, 0.29) is 11.9 Å². The molecule has 112 valence electrons. The van der Waals surface area contributed by atoms with Crippen molar-refractivity contribution in [2.75, 3.05) is 25.1 Å². The number of thioether (sulfide) groups is 1. The van der Waals surface area contributed by atoms with Crippen molar-refractivity contribution in [1.82, 2.24) is 19.9 Å². The number of carbonyl (C=O) groups excluding carboxylic acids is 1.